The topological polar surface area (TPSA) is 71.4 Å². The quantitative estimate of drug-likeness (QED) is 0.692. The van der Waals surface area contributed by atoms with E-state index in [1.807, 2.05) is 0 Å². The number of hydrazone groups is 1. The first kappa shape index (κ1) is 14.8. The number of aromatic nitrogens is 1. The Bertz CT molecular complexity index is 734. The molecule has 20 heavy (non-hydrogen) atoms. The lowest BCUT2D eigenvalue weighted by atomic mass is 10.3. The zero-order valence-electron chi connectivity index (χ0n) is 9.99. The van der Waals surface area contributed by atoms with Gasteiger partial charge in [0.1, 0.15) is 0 Å². The van der Waals surface area contributed by atoms with Gasteiger partial charge in [0.05, 0.1) is 21.2 Å². The van der Waals surface area contributed by atoms with Crippen molar-refractivity contribution in [2.45, 2.75) is 4.90 Å². The lowest BCUT2D eigenvalue weighted by molar-refractivity contribution is 0.584. The Hall–Kier alpha value is -1.63. The van der Waals surface area contributed by atoms with Crippen LogP contribution < -0.4 is 4.83 Å². The molecule has 104 valence electrons. The van der Waals surface area contributed by atoms with Crippen molar-refractivity contribution < 1.29 is 8.42 Å². The average Bonchev–Trinajstić information content (AvgIpc) is 2.43. The van der Waals surface area contributed by atoms with E-state index in [4.69, 9.17) is 23.2 Å². The van der Waals surface area contributed by atoms with Crippen molar-refractivity contribution in [1.29, 1.82) is 0 Å². The molecule has 0 fully saturated rings. The first-order chi connectivity index (χ1) is 9.49. The highest BCUT2D eigenvalue weighted by Crippen LogP contribution is 2.24. The Labute approximate surface area is 126 Å². The first-order valence-corrected chi connectivity index (χ1v) is 7.63. The molecule has 1 aromatic carbocycles. The number of nitrogens with one attached hydrogen (secondary N) is 1. The van der Waals surface area contributed by atoms with Crippen LogP contribution in [0.3, 0.4) is 0 Å². The fourth-order valence-electron chi connectivity index (χ4n) is 1.32. The highest BCUT2D eigenvalue weighted by atomic mass is 35.5. The number of benzene rings is 1. The van der Waals surface area contributed by atoms with Crippen molar-refractivity contribution in [3.63, 3.8) is 0 Å². The first-order valence-electron chi connectivity index (χ1n) is 5.39. The number of nitrogens with zero attached hydrogens (tertiary/aromatic N) is 2. The van der Waals surface area contributed by atoms with Gasteiger partial charge in [0.2, 0.25) is 0 Å². The van der Waals surface area contributed by atoms with E-state index in [9.17, 15) is 8.42 Å². The standard InChI is InChI=1S/C12H9Cl2N3O2S/c13-11-4-3-10(6-12(11)14)20(18,19)17-16-8-9-2-1-5-15-7-9/h1-8,17H/b16-8-. The van der Waals surface area contributed by atoms with Gasteiger partial charge in [-0.3, -0.25) is 4.98 Å². The molecule has 0 bridgehead atoms. The maximum Gasteiger partial charge on any atom is 0.276 e. The second-order valence-corrected chi connectivity index (χ2v) is 6.19. The van der Waals surface area contributed by atoms with Crippen molar-refractivity contribution in [1.82, 2.24) is 9.82 Å². The molecule has 0 aliphatic rings. The van der Waals surface area contributed by atoms with Crippen molar-refractivity contribution in [2.24, 2.45) is 5.10 Å². The Morgan fingerprint density at radius 2 is 2.00 bits per heavy atom. The Balaban J connectivity index is 2.15. The molecule has 1 heterocycles. The fraction of sp³-hybridized carbons (Fsp3) is 0. The molecule has 0 saturated heterocycles. The minimum atomic E-state index is -3.78. The maximum absolute atomic E-state index is 11.9. The van der Waals surface area contributed by atoms with E-state index in [1.54, 1.807) is 24.5 Å². The molecular weight excluding hydrogens is 321 g/mol. The Morgan fingerprint density at radius 1 is 1.20 bits per heavy atom. The third-order valence-corrected chi connectivity index (χ3v) is 4.23. The summed E-state index contributed by atoms with van der Waals surface area (Å²) in [5.74, 6) is 0. The summed E-state index contributed by atoms with van der Waals surface area (Å²) in [6, 6.07) is 7.46. The molecule has 0 amide bonds. The van der Waals surface area contributed by atoms with Gasteiger partial charge in [-0.15, -0.1) is 0 Å². The number of halogens is 2. The molecule has 8 heteroatoms. The zero-order chi connectivity index (χ0) is 14.6. The average molecular weight is 330 g/mol. The third kappa shape index (κ3) is 3.69. The summed E-state index contributed by atoms with van der Waals surface area (Å²) in [6.45, 7) is 0. The van der Waals surface area contributed by atoms with Gasteiger partial charge in [-0.05, 0) is 24.3 Å². The smallest absolute Gasteiger partial charge is 0.264 e. The summed E-state index contributed by atoms with van der Waals surface area (Å²) in [4.78, 5) is 5.94. The molecule has 1 aromatic heterocycles. The predicted molar refractivity (Wildman–Crippen MR) is 78.6 cm³/mol. The van der Waals surface area contributed by atoms with Gasteiger partial charge in [0.25, 0.3) is 10.0 Å². The molecular formula is C12H9Cl2N3O2S. The molecule has 0 unspecified atom stereocenters. The van der Waals surface area contributed by atoms with Crippen LogP contribution in [-0.4, -0.2) is 19.6 Å². The maximum atomic E-state index is 11.9. The van der Waals surface area contributed by atoms with Crippen LogP contribution in [0.5, 0.6) is 0 Å². The molecule has 5 nitrogen and oxygen atoms in total. The van der Waals surface area contributed by atoms with E-state index >= 15 is 0 Å². The van der Waals surface area contributed by atoms with Crippen LogP contribution in [0.2, 0.25) is 10.0 Å². The van der Waals surface area contributed by atoms with Gasteiger partial charge in [-0.2, -0.15) is 13.5 Å². The minimum absolute atomic E-state index is 0.0183. The normalized spacial score (nSPS) is 11.7. The van der Waals surface area contributed by atoms with E-state index in [1.165, 1.54) is 24.4 Å². The SMILES string of the molecule is O=S(=O)(N/N=C\c1cccnc1)c1ccc(Cl)c(Cl)c1. The number of pyridine rings is 1. The van der Waals surface area contributed by atoms with Gasteiger partial charge >= 0.3 is 0 Å². The van der Waals surface area contributed by atoms with Gasteiger partial charge in [-0.1, -0.05) is 29.3 Å². The van der Waals surface area contributed by atoms with Crippen LogP contribution in [0.1, 0.15) is 5.56 Å². The second-order valence-electron chi connectivity index (χ2n) is 3.72. The molecule has 0 radical (unpaired) electrons. The molecule has 0 spiro atoms. The van der Waals surface area contributed by atoms with Crippen molar-refractivity contribution in [3.05, 3.63) is 58.3 Å². The predicted octanol–water partition coefficient (Wildman–Crippen LogP) is 2.70. The minimum Gasteiger partial charge on any atom is -0.264 e. The lowest BCUT2D eigenvalue weighted by Crippen LogP contribution is -2.18. The molecule has 0 aliphatic heterocycles. The second kappa shape index (κ2) is 6.21. The highest BCUT2D eigenvalue weighted by molar-refractivity contribution is 7.89. The number of hydrogen-bond donors (Lipinski definition) is 1. The molecule has 0 saturated carbocycles. The molecule has 1 N–H and O–H groups in total. The highest BCUT2D eigenvalue weighted by Gasteiger charge is 2.14. The molecule has 2 aromatic rings. The van der Waals surface area contributed by atoms with Crippen molar-refractivity contribution in [2.75, 3.05) is 0 Å². The fourth-order valence-corrected chi connectivity index (χ4v) is 2.50. The van der Waals surface area contributed by atoms with Gasteiger partial charge in [0, 0.05) is 18.0 Å². The van der Waals surface area contributed by atoms with E-state index in [0.717, 1.165) is 0 Å². The van der Waals surface area contributed by atoms with Crippen LogP contribution in [0.25, 0.3) is 0 Å². The summed E-state index contributed by atoms with van der Waals surface area (Å²) in [7, 11) is -3.78. The molecule has 2 rings (SSSR count). The largest absolute Gasteiger partial charge is 0.276 e. The Kier molecular flexibility index (Phi) is 4.59. The van der Waals surface area contributed by atoms with E-state index < -0.39 is 10.0 Å². The monoisotopic (exact) mass is 329 g/mol. The number of sulfonamides is 1. The summed E-state index contributed by atoms with van der Waals surface area (Å²) >= 11 is 11.5. The summed E-state index contributed by atoms with van der Waals surface area (Å²) < 4.78 is 23.9. The van der Waals surface area contributed by atoms with Crippen LogP contribution in [0.15, 0.2) is 52.7 Å². The zero-order valence-corrected chi connectivity index (χ0v) is 12.3. The summed E-state index contributed by atoms with van der Waals surface area (Å²) in [6.07, 6.45) is 4.51. The van der Waals surface area contributed by atoms with Crippen molar-refractivity contribution >= 4 is 39.4 Å². The molecule has 0 atom stereocenters. The summed E-state index contributed by atoms with van der Waals surface area (Å²) in [5, 5.41) is 4.10. The summed E-state index contributed by atoms with van der Waals surface area (Å²) in [5.41, 5.74) is 0.671. The molecule has 0 aliphatic carbocycles. The van der Waals surface area contributed by atoms with Gasteiger partial charge in [-0.25, -0.2) is 4.83 Å². The van der Waals surface area contributed by atoms with E-state index in [2.05, 4.69) is 14.9 Å². The Morgan fingerprint density at radius 3 is 2.65 bits per heavy atom. The van der Waals surface area contributed by atoms with Crippen LogP contribution >= 0.6 is 23.2 Å². The van der Waals surface area contributed by atoms with Gasteiger partial charge in [0.15, 0.2) is 0 Å². The third-order valence-electron chi connectivity index (χ3n) is 2.27. The number of hydrogen-bond acceptors (Lipinski definition) is 4. The lowest BCUT2D eigenvalue weighted by Gasteiger charge is -2.04. The van der Waals surface area contributed by atoms with Crippen molar-refractivity contribution in [3.8, 4) is 0 Å². The van der Waals surface area contributed by atoms with E-state index in [-0.39, 0.29) is 14.9 Å². The van der Waals surface area contributed by atoms with Crippen LogP contribution in [0, 0.1) is 0 Å². The van der Waals surface area contributed by atoms with Crippen LogP contribution in [0.4, 0.5) is 0 Å². The number of rotatable bonds is 4. The van der Waals surface area contributed by atoms with Crippen LogP contribution in [-0.2, 0) is 10.0 Å². The van der Waals surface area contributed by atoms with E-state index in [0.29, 0.717) is 5.56 Å². The van der Waals surface area contributed by atoms with Gasteiger partial charge < -0.3 is 0 Å².